The number of fused-ring (bicyclic) bond motifs is 1. The number of hydrogen-bond donors (Lipinski definition) is 2. The second-order valence-corrected chi connectivity index (χ2v) is 7.02. The third-order valence-corrected chi connectivity index (χ3v) is 5.15. The molecule has 6 nitrogen and oxygen atoms in total. The molecule has 136 valence electrons. The highest BCUT2D eigenvalue weighted by Gasteiger charge is 2.31. The highest BCUT2D eigenvalue weighted by molar-refractivity contribution is 5.80. The Bertz CT molecular complexity index is 672. The van der Waals surface area contributed by atoms with Gasteiger partial charge >= 0.3 is 5.97 Å². The molecule has 1 heterocycles. The Morgan fingerprint density at radius 1 is 1.32 bits per heavy atom. The van der Waals surface area contributed by atoms with E-state index < -0.39 is 11.9 Å². The number of carbonyl (C=O) groups excluding carboxylic acids is 1. The van der Waals surface area contributed by atoms with Crippen LogP contribution in [0.1, 0.15) is 43.7 Å². The zero-order valence-corrected chi connectivity index (χ0v) is 14.7. The van der Waals surface area contributed by atoms with Crippen LogP contribution in [0, 0.1) is 11.8 Å². The maximum Gasteiger partial charge on any atom is 0.306 e. The number of aliphatic carboxylic acids is 1. The molecule has 1 amide bonds. The minimum atomic E-state index is -0.802. The maximum absolute atomic E-state index is 12.4. The molecule has 0 spiro atoms. The van der Waals surface area contributed by atoms with E-state index in [0.29, 0.717) is 19.4 Å². The van der Waals surface area contributed by atoms with E-state index in [1.165, 1.54) is 0 Å². The lowest BCUT2D eigenvalue weighted by Crippen LogP contribution is -2.35. The zero-order chi connectivity index (χ0) is 18.0. The molecule has 0 aromatic heterocycles. The van der Waals surface area contributed by atoms with Gasteiger partial charge in [-0.25, -0.2) is 0 Å². The number of rotatable bonds is 5. The first-order valence-electron chi connectivity index (χ1n) is 8.85. The molecule has 0 radical (unpaired) electrons. The second-order valence-electron chi connectivity index (χ2n) is 7.02. The predicted molar refractivity (Wildman–Crippen MR) is 91.7 cm³/mol. The van der Waals surface area contributed by atoms with Gasteiger partial charge in [0.1, 0.15) is 17.6 Å². The van der Waals surface area contributed by atoms with E-state index in [2.05, 4.69) is 5.32 Å². The molecular weight excluding hydrogens is 322 g/mol. The van der Waals surface area contributed by atoms with Gasteiger partial charge in [0.2, 0.25) is 5.91 Å². The van der Waals surface area contributed by atoms with Crippen molar-refractivity contribution in [3.05, 3.63) is 23.3 Å². The zero-order valence-electron chi connectivity index (χ0n) is 14.7. The lowest BCUT2D eigenvalue weighted by Gasteiger charge is -2.25. The summed E-state index contributed by atoms with van der Waals surface area (Å²) in [5.41, 5.74) is 1.99. The molecule has 0 bridgehead atoms. The summed E-state index contributed by atoms with van der Waals surface area (Å²) in [7, 11) is 1.62. The molecule has 1 saturated carbocycles. The number of carboxylic acid groups (broad SMARTS) is 1. The molecule has 1 aromatic carbocycles. The molecule has 0 saturated heterocycles. The summed E-state index contributed by atoms with van der Waals surface area (Å²) in [6.45, 7) is 2.37. The summed E-state index contributed by atoms with van der Waals surface area (Å²) in [6.07, 6.45) is 3.62. The monoisotopic (exact) mass is 347 g/mol. The predicted octanol–water partition coefficient (Wildman–Crippen LogP) is 2.53. The van der Waals surface area contributed by atoms with Crippen LogP contribution in [0.25, 0.3) is 0 Å². The van der Waals surface area contributed by atoms with Crippen LogP contribution in [-0.2, 0) is 22.6 Å². The lowest BCUT2D eigenvalue weighted by atomic mass is 9.81. The Balaban J connectivity index is 1.64. The van der Waals surface area contributed by atoms with Crippen molar-refractivity contribution in [2.75, 3.05) is 7.11 Å². The number of amides is 1. The number of nitrogens with one attached hydrogen (secondary N) is 1. The molecule has 3 atom stereocenters. The summed E-state index contributed by atoms with van der Waals surface area (Å²) in [4.78, 5) is 23.6. The first-order chi connectivity index (χ1) is 12.0. The van der Waals surface area contributed by atoms with Crippen molar-refractivity contribution < 1.29 is 24.2 Å². The van der Waals surface area contributed by atoms with Crippen LogP contribution < -0.4 is 14.8 Å². The summed E-state index contributed by atoms with van der Waals surface area (Å²) < 4.78 is 11.2. The largest absolute Gasteiger partial charge is 0.496 e. The average molecular weight is 347 g/mol. The average Bonchev–Trinajstić information content (AvgIpc) is 2.97. The number of benzene rings is 1. The number of ether oxygens (including phenoxy) is 2. The fraction of sp³-hybridized carbons (Fsp3) is 0.579. The van der Waals surface area contributed by atoms with E-state index in [1.54, 1.807) is 7.11 Å². The van der Waals surface area contributed by atoms with Crippen LogP contribution in [0.2, 0.25) is 0 Å². The van der Waals surface area contributed by atoms with Crippen LogP contribution >= 0.6 is 0 Å². The van der Waals surface area contributed by atoms with Gasteiger partial charge in [0.05, 0.1) is 13.0 Å². The molecule has 1 aliphatic carbocycles. The fourth-order valence-corrected chi connectivity index (χ4v) is 3.79. The Morgan fingerprint density at radius 2 is 2.08 bits per heavy atom. The number of hydrogen-bond acceptors (Lipinski definition) is 4. The molecule has 3 rings (SSSR count). The van der Waals surface area contributed by atoms with Crippen molar-refractivity contribution in [1.82, 2.24) is 5.32 Å². The van der Waals surface area contributed by atoms with Gasteiger partial charge in [0.25, 0.3) is 0 Å². The van der Waals surface area contributed by atoms with Crippen molar-refractivity contribution in [3.63, 3.8) is 0 Å². The van der Waals surface area contributed by atoms with Gasteiger partial charge in [-0.2, -0.15) is 0 Å². The van der Waals surface area contributed by atoms with Crippen LogP contribution in [0.4, 0.5) is 0 Å². The van der Waals surface area contributed by atoms with E-state index in [1.807, 2.05) is 19.1 Å². The number of methoxy groups -OCH3 is 1. The highest BCUT2D eigenvalue weighted by atomic mass is 16.5. The molecular formula is C19H25NO5. The smallest absolute Gasteiger partial charge is 0.306 e. The van der Waals surface area contributed by atoms with Crippen LogP contribution in [0.15, 0.2) is 12.1 Å². The maximum atomic E-state index is 12.4. The fourth-order valence-electron chi connectivity index (χ4n) is 3.79. The Hall–Kier alpha value is -2.24. The van der Waals surface area contributed by atoms with Crippen molar-refractivity contribution >= 4 is 11.9 Å². The van der Waals surface area contributed by atoms with Crippen LogP contribution in [0.3, 0.4) is 0 Å². The third kappa shape index (κ3) is 3.89. The summed E-state index contributed by atoms with van der Waals surface area (Å²) >= 11 is 0. The van der Waals surface area contributed by atoms with E-state index in [0.717, 1.165) is 41.9 Å². The summed E-state index contributed by atoms with van der Waals surface area (Å²) in [5.74, 6) is 0.0669. The normalized spacial score (nSPS) is 25.0. The van der Waals surface area contributed by atoms with Gasteiger partial charge in [0.15, 0.2) is 0 Å². The molecule has 1 aromatic rings. The van der Waals surface area contributed by atoms with Crippen molar-refractivity contribution in [2.45, 2.75) is 51.7 Å². The van der Waals surface area contributed by atoms with E-state index in [9.17, 15) is 9.59 Å². The molecule has 2 aliphatic rings. The van der Waals surface area contributed by atoms with Gasteiger partial charge in [-0.3, -0.25) is 9.59 Å². The summed E-state index contributed by atoms with van der Waals surface area (Å²) in [5, 5.41) is 12.1. The van der Waals surface area contributed by atoms with E-state index >= 15 is 0 Å². The Labute approximate surface area is 147 Å². The topological polar surface area (TPSA) is 84.9 Å². The second kappa shape index (κ2) is 7.33. The standard InChI is InChI=1S/C19H25NO5/c1-11-6-14-8-16(24-2)15(9-17(14)25-11)10-20-18(21)12-4-3-5-13(7-12)19(22)23/h8-9,11-13H,3-7,10H2,1-2H3,(H,20,21)(H,22,23). The highest BCUT2D eigenvalue weighted by Crippen LogP contribution is 2.35. The van der Waals surface area contributed by atoms with Gasteiger partial charge < -0.3 is 19.9 Å². The first-order valence-corrected chi connectivity index (χ1v) is 8.85. The minimum absolute atomic E-state index is 0.0808. The van der Waals surface area contributed by atoms with Crippen molar-refractivity contribution in [3.8, 4) is 11.5 Å². The number of carbonyl (C=O) groups is 2. The molecule has 6 heteroatoms. The molecule has 25 heavy (non-hydrogen) atoms. The van der Waals surface area contributed by atoms with Gasteiger partial charge in [-0.1, -0.05) is 6.42 Å². The molecule has 1 aliphatic heterocycles. The quantitative estimate of drug-likeness (QED) is 0.855. The Morgan fingerprint density at radius 3 is 2.80 bits per heavy atom. The van der Waals surface area contributed by atoms with E-state index in [4.69, 9.17) is 14.6 Å². The van der Waals surface area contributed by atoms with Gasteiger partial charge in [0, 0.05) is 30.0 Å². The lowest BCUT2D eigenvalue weighted by molar-refractivity contribution is -0.144. The Kier molecular flexibility index (Phi) is 5.16. The van der Waals surface area contributed by atoms with E-state index in [-0.39, 0.29) is 17.9 Å². The SMILES string of the molecule is COc1cc2c(cc1CNC(=O)C1CCCC(C(=O)O)C1)OC(C)C2. The molecule has 2 N–H and O–H groups in total. The van der Waals surface area contributed by atoms with Crippen molar-refractivity contribution in [1.29, 1.82) is 0 Å². The number of carboxylic acids is 1. The van der Waals surface area contributed by atoms with Gasteiger partial charge in [-0.05, 0) is 38.3 Å². The molecule has 1 fully saturated rings. The minimum Gasteiger partial charge on any atom is -0.496 e. The van der Waals surface area contributed by atoms with Gasteiger partial charge in [-0.15, -0.1) is 0 Å². The summed E-state index contributed by atoms with van der Waals surface area (Å²) in [6, 6.07) is 3.90. The van der Waals surface area contributed by atoms with Crippen LogP contribution in [0.5, 0.6) is 11.5 Å². The van der Waals surface area contributed by atoms with Crippen molar-refractivity contribution in [2.24, 2.45) is 11.8 Å². The van der Waals surface area contributed by atoms with Crippen LogP contribution in [-0.4, -0.2) is 30.2 Å². The first kappa shape index (κ1) is 17.6. The third-order valence-electron chi connectivity index (χ3n) is 5.15. The molecule has 3 unspecified atom stereocenters.